The van der Waals surface area contributed by atoms with Crippen LogP contribution in [0.1, 0.15) is 40.7 Å². The van der Waals surface area contributed by atoms with Gasteiger partial charge >= 0.3 is 0 Å². The largest absolute Gasteiger partial charge is 0.377 e. The first-order chi connectivity index (χ1) is 15.5. The molecule has 0 aliphatic rings. The second-order valence-corrected chi connectivity index (χ2v) is 7.98. The average Bonchev–Trinajstić information content (AvgIpc) is 2.80. The number of carbonyl (C=O) groups is 2. The summed E-state index contributed by atoms with van der Waals surface area (Å²) in [5, 5.41) is 6.00. The van der Waals surface area contributed by atoms with Crippen LogP contribution in [0.3, 0.4) is 0 Å². The van der Waals surface area contributed by atoms with Gasteiger partial charge in [-0.3, -0.25) is 9.59 Å². The van der Waals surface area contributed by atoms with Crippen LogP contribution in [0.15, 0.2) is 78.9 Å². The van der Waals surface area contributed by atoms with Crippen molar-refractivity contribution in [2.45, 2.75) is 25.7 Å². The van der Waals surface area contributed by atoms with Crippen LogP contribution in [0.4, 0.5) is 11.4 Å². The molecule has 2 N–H and O–H groups in total. The van der Waals surface area contributed by atoms with E-state index in [1.165, 1.54) is 5.56 Å². The van der Waals surface area contributed by atoms with E-state index in [2.05, 4.69) is 10.6 Å². The molecule has 0 aliphatic carbocycles. The summed E-state index contributed by atoms with van der Waals surface area (Å²) in [7, 11) is 3.80. The van der Waals surface area contributed by atoms with Crippen molar-refractivity contribution in [3.63, 3.8) is 0 Å². The van der Waals surface area contributed by atoms with Crippen LogP contribution < -0.4 is 15.5 Å². The lowest BCUT2D eigenvalue weighted by Gasteiger charge is -2.20. The fraction of sp³-hybridized carbons (Fsp3) is 0.259. The maximum atomic E-state index is 13.0. The number of carbonyl (C=O) groups excluding carboxylic acids is 2. The first-order valence-corrected chi connectivity index (χ1v) is 11.0. The molecule has 3 rings (SSSR count). The van der Waals surface area contributed by atoms with Gasteiger partial charge in [-0.2, -0.15) is 0 Å². The van der Waals surface area contributed by atoms with Gasteiger partial charge in [0.1, 0.15) is 0 Å². The van der Waals surface area contributed by atoms with Gasteiger partial charge in [0.15, 0.2) is 0 Å². The third-order valence-corrected chi connectivity index (χ3v) is 5.46. The van der Waals surface area contributed by atoms with Crippen molar-refractivity contribution in [1.29, 1.82) is 0 Å². The molecule has 0 bridgehead atoms. The first-order valence-electron chi connectivity index (χ1n) is 11.0. The molecule has 1 atom stereocenters. The molecule has 0 unspecified atom stereocenters. The van der Waals surface area contributed by atoms with Gasteiger partial charge in [-0.25, -0.2) is 0 Å². The van der Waals surface area contributed by atoms with Crippen molar-refractivity contribution in [3.05, 3.63) is 95.6 Å². The van der Waals surface area contributed by atoms with E-state index in [9.17, 15) is 9.59 Å². The number of benzene rings is 3. The van der Waals surface area contributed by atoms with Crippen LogP contribution in [0.5, 0.6) is 0 Å². The van der Waals surface area contributed by atoms with Crippen molar-refractivity contribution in [1.82, 2.24) is 5.32 Å². The zero-order valence-corrected chi connectivity index (χ0v) is 19.0. The molecule has 166 valence electrons. The highest BCUT2D eigenvalue weighted by molar-refractivity contribution is 6.02. The smallest absolute Gasteiger partial charge is 0.253 e. The predicted molar refractivity (Wildman–Crippen MR) is 131 cm³/mol. The Morgan fingerprint density at radius 2 is 1.56 bits per heavy atom. The van der Waals surface area contributed by atoms with Crippen molar-refractivity contribution in [3.8, 4) is 0 Å². The minimum atomic E-state index is -0.243. The number of rotatable bonds is 9. The van der Waals surface area contributed by atoms with E-state index in [-0.39, 0.29) is 17.7 Å². The van der Waals surface area contributed by atoms with E-state index in [0.29, 0.717) is 24.2 Å². The summed E-state index contributed by atoms with van der Waals surface area (Å²) in [6.07, 6.45) is 1.45. The molecule has 0 saturated heterocycles. The molecule has 5 nitrogen and oxygen atoms in total. The Morgan fingerprint density at radius 1 is 0.906 bits per heavy atom. The zero-order chi connectivity index (χ0) is 22.9. The Bertz CT molecular complexity index is 1030. The molecular formula is C27H31N3O2. The van der Waals surface area contributed by atoms with Crippen LogP contribution in [0.25, 0.3) is 0 Å². The number of nitrogens with one attached hydrogen (secondary N) is 2. The van der Waals surface area contributed by atoms with Crippen molar-refractivity contribution in [2.75, 3.05) is 30.9 Å². The Kier molecular flexibility index (Phi) is 8.03. The second kappa shape index (κ2) is 11.1. The average molecular weight is 430 g/mol. The molecule has 3 aromatic rings. The second-order valence-electron chi connectivity index (χ2n) is 7.98. The lowest BCUT2D eigenvalue weighted by atomic mass is 9.95. The van der Waals surface area contributed by atoms with Gasteiger partial charge < -0.3 is 15.5 Å². The predicted octanol–water partition coefficient (Wildman–Crippen LogP) is 4.86. The Labute approximate surface area is 190 Å². The zero-order valence-electron chi connectivity index (χ0n) is 19.0. The summed E-state index contributed by atoms with van der Waals surface area (Å²) in [5.41, 5.74) is 4.11. The van der Waals surface area contributed by atoms with E-state index in [1.807, 2.05) is 98.7 Å². The van der Waals surface area contributed by atoms with Gasteiger partial charge in [0.25, 0.3) is 5.91 Å². The van der Waals surface area contributed by atoms with Crippen molar-refractivity contribution < 1.29 is 9.59 Å². The molecule has 0 aliphatic heterocycles. The summed E-state index contributed by atoms with van der Waals surface area (Å²) in [4.78, 5) is 27.8. The number of amides is 2. The third-order valence-electron chi connectivity index (χ3n) is 5.46. The molecule has 5 heteroatoms. The third kappa shape index (κ3) is 5.97. The number of hydrogen-bond acceptors (Lipinski definition) is 3. The topological polar surface area (TPSA) is 61.4 Å². The lowest BCUT2D eigenvalue weighted by molar-refractivity contribution is -0.117. The van der Waals surface area contributed by atoms with Gasteiger partial charge in [0.2, 0.25) is 5.91 Å². The normalized spacial score (nSPS) is 11.5. The minimum absolute atomic E-state index is 0.0771. The highest BCUT2D eigenvalue weighted by Crippen LogP contribution is 2.26. The maximum absolute atomic E-state index is 13.0. The van der Waals surface area contributed by atoms with E-state index in [4.69, 9.17) is 0 Å². The van der Waals surface area contributed by atoms with Crippen LogP contribution in [0, 0.1) is 0 Å². The molecule has 0 radical (unpaired) electrons. The fourth-order valence-corrected chi connectivity index (χ4v) is 3.73. The van der Waals surface area contributed by atoms with E-state index in [0.717, 1.165) is 17.7 Å². The van der Waals surface area contributed by atoms with Gasteiger partial charge in [0.05, 0.1) is 11.5 Å². The van der Waals surface area contributed by atoms with Crippen molar-refractivity contribution in [2.24, 2.45) is 0 Å². The molecule has 0 spiro atoms. The number of anilines is 2. The van der Waals surface area contributed by atoms with Crippen molar-refractivity contribution >= 4 is 23.2 Å². The molecule has 0 saturated carbocycles. The van der Waals surface area contributed by atoms with Gasteiger partial charge in [0, 0.05) is 32.0 Å². The van der Waals surface area contributed by atoms with Gasteiger partial charge in [-0.1, -0.05) is 67.6 Å². The van der Waals surface area contributed by atoms with E-state index >= 15 is 0 Å². The summed E-state index contributed by atoms with van der Waals surface area (Å²) in [6.45, 7) is 2.54. The SMILES string of the molecule is CC[C@@H](C(=O)Nc1ccc(N(C)C)c(C(=O)NCCc2ccccc2)c1)c1ccccc1. The molecule has 0 aromatic heterocycles. The van der Waals surface area contributed by atoms with Gasteiger partial charge in [-0.05, 0) is 42.2 Å². The Hall–Kier alpha value is -3.60. The van der Waals surface area contributed by atoms with Crippen LogP contribution in [-0.4, -0.2) is 32.5 Å². The molecular weight excluding hydrogens is 398 g/mol. The fourth-order valence-electron chi connectivity index (χ4n) is 3.73. The Balaban J connectivity index is 1.73. The maximum Gasteiger partial charge on any atom is 0.253 e. The van der Waals surface area contributed by atoms with Crippen LogP contribution in [0.2, 0.25) is 0 Å². The minimum Gasteiger partial charge on any atom is -0.377 e. The van der Waals surface area contributed by atoms with E-state index in [1.54, 1.807) is 6.07 Å². The van der Waals surface area contributed by atoms with Gasteiger partial charge in [-0.15, -0.1) is 0 Å². The van der Waals surface area contributed by atoms with Crippen LogP contribution in [-0.2, 0) is 11.2 Å². The Morgan fingerprint density at radius 3 is 2.19 bits per heavy atom. The molecule has 0 fully saturated rings. The summed E-state index contributed by atoms with van der Waals surface area (Å²) >= 11 is 0. The molecule has 32 heavy (non-hydrogen) atoms. The quantitative estimate of drug-likeness (QED) is 0.511. The molecule has 2 amide bonds. The first kappa shape index (κ1) is 23.1. The summed E-state index contributed by atoms with van der Waals surface area (Å²) < 4.78 is 0. The number of nitrogens with zero attached hydrogens (tertiary/aromatic N) is 1. The number of hydrogen-bond donors (Lipinski definition) is 2. The molecule has 0 heterocycles. The van der Waals surface area contributed by atoms with Crippen LogP contribution >= 0.6 is 0 Å². The standard InChI is InChI=1S/C27H31N3O2/c1-4-23(21-13-9-6-10-14-21)27(32)29-22-15-16-25(30(2)3)24(19-22)26(31)28-18-17-20-11-7-5-8-12-20/h5-16,19,23H,4,17-18H2,1-3H3,(H,28,31)(H,29,32)/t23-/m1/s1. The molecule has 3 aromatic carbocycles. The summed E-state index contributed by atoms with van der Waals surface area (Å²) in [5.74, 6) is -0.476. The highest BCUT2D eigenvalue weighted by Gasteiger charge is 2.20. The summed E-state index contributed by atoms with van der Waals surface area (Å²) in [6, 6.07) is 25.3. The monoisotopic (exact) mass is 429 g/mol. The lowest BCUT2D eigenvalue weighted by Crippen LogP contribution is -2.28. The van der Waals surface area contributed by atoms with E-state index < -0.39 is 0 Å². The highest BCUT2D eigenvalue weighted by atomic mass is 16.2.